The molecule has 1 heterocycles. The van der Waals surface area contributed by atoms with E-state index in [-0.39, 0.29) is 5.91 Å². The van der Waals surface area contributed by atoms with Gasteiger partial charge >= 0.3 is 6.18 Å². The number of amides is 1. The number of nitrogens with zero attached hydrogens (tertiary/aromatic N) is 3. The van der Waals surface area contributed by atoms with Gasteiger partial charge in [-0.15, -0.1) is 11.3 Å². The number of hydrogen-bond acceptors (Lipinski definition) is 4. The van der Waals surface area contributed by atoms with Crippen LogP contribution >= 0.6 is 11.3 Å². The Morgan fingerprint density at radius 3 is 2.35 bits per heavy atom. The zero-order valence-corrected chi connectivity index (χ0v) is 18.4. The van der Waals surface area contributed by atoms with Crippen LogP contribution in [0.15, 0.2) is 53.9 Å². The lowest BCUT2D eigenvalue weighted by Gasteiger charge is -2.21. The quantitative estimate of drug-likeness (QED) is 0.443. The fourth-order valence-corrected chi connectivity index (χ4v) is 4.22. The predicted octanol–water partition coefficient (Wildman–Crippen LogP) is 6.04. The second-order valence-corrected chi connectivity index (χ2v) is 8.16. The summed E-state index contributed by atoms with van der Waals surface area (Å²) in [4.78, 5) is 20.6. The van der Waals surface area contributed by atoms with Crippen LogP contribution in [-0.4, -0.2) is 22.8 Å². The van der Waals surface area contributed by atoms with Crippen molar-refractivity contribution in [1.82, 2.24) is 9.88 Å². The molecule has 0 spiro atoms. The van der Waals surface area contributed by atoms with Crippen molar-refractivity contribution < 1.29 is 18.0 Å². The molecule has 0 aliphatic carbocycles. The molecular formula is C23H24F3N3OS. The molecule has 0 atom stereocenters. The Morgan fingerprint density at radius 1 is 1.06 bits per heavy atom. The van der Waals surface area contributed by atoms with Crippen LogP contribution in [0.4, 0.5) is 24.0 Å². The minimum Gasteiger partial charge on any atom is -0.296 e. The lowest BCUT2D eigenvalue weighted by atomic mass is 10.1. The largest absolute Gasteiger partial charge is 0.416 e. The molecule has 0 aliphatic heterocycles. The van der Waals surface area contributed by atoms with Crippen molar-refractivity contribution in [3.63, 3.8) is 0 Å². The first-order chi connectivity index (χ1) is 14.7. The van der Waals surface area contributed by atoms with E-state index in [9.17, 15) is 18.0 Å². The molecule has 164 valence electrons. The average Bonchev–Trinajstić information content (AvgIpc) is 3.15. The maximum absolute atomic E-state index is 12.7. The number of anilines is 2. The number of alkyl halides is 3. The molecule has 0 bridgehead atoms. The van der Waals surface area contributed by atoms with Gasteiger partial charge in [-0.2, -0.15) is 13.2 Å². The third-order valence-electron chi connectivity index (χ3n) is 4.82. The van der Waals surface area contributed by atoms with Crippen molar-refractivity contribution in [1.29, 1.82) is 0 Å². The van der Waals surface area contributed by atoms with Crippen LogP contribution in [0.1, 0.15) is 36.2 Å². The summed E-state index contributed by atoms with van der Waals surface area (Å²) in [6, 6.07) is 12.9. The van der Waals surface area contributed by atoms with Crippen LogP contribution in [-0.2, 0) is 30.5 Å². The molecule has 2 aromatic carbocycles. The van der Waals surface area contributed by atoms with Gasteiger partial charge in [-0.05, 0) is 42.8 Å². The van der Waals surface area contributed by atoms with Crippen LogP contribution < -0.4 is 4.90 Å². The highest BCUT2D eigenvalue weighted by molar-refractivity contribution is 7.14. The SMILES string of the molecule is CCc1ccccc1N(C(C)=O)c1nc(CN(C)Cc2ccc(C(F)(F)F)cc2)cs1. The average molecular weight is 448 g/mol. The number of thiazole rings is 1. The van der Waals surface area contributed by atoms with Crippen molar-refractivity contribution >= 4 is 28.1 Å². The number of carbonyl (C=O) groups excluding carboxylic acids is 1. The fourth-order valence-electron chi connectivity index (χ4n) is 3.35. The topological polar surface area (TPSA) is 36.4 Å². The lowest BCUT2D eigenvalue weighted by molar-refractivity contribution is -0.137. The summed E-state index contributed by atoms with van der Waals surface area (Å²) in [7, 11) is 1.88. The number of aromatic nitrogens is 1. The van der Waals surface area contributed by atoms with E-state index in [1.807, 2.05) is 48.5 Å². The van der Waals surface area contributed by atoms with E-state index in [2.05, 4.69) is 4.98 Å². The molecule has 31 heavy (non-hydrogen) atoms. The summed E-state index contributed by atoms with van der Waals surface area (Å²) in [5, 5.41) is 2.51. The maximum atomic E-state index is 12.7. The number of para-hydroxylation sites is 1. The zero-order valence-electron chi connectivity index (χ0n) is 17.6. The number of rotatable bonds is 7. The van der Waals surface area contributed by atoms with Gasteiger partial charge in [0, 0.05) is 25.4 Å². The first-order valence-corrected chi connectivity index (χ1v) is 10.7. The van der Waals surface area contributed by atoms with Crippen molar-refractivity contribution in [3.05, 3.63) is 76.3 Å². The molecule has 1 amide bonds. The first-order valence-electron chi connectivity index (χ1n) is 9.86. The Labute approximate surface area is 184 Å². The molecule has 4 nitrogen and oxygen atoms in total. The monoisotopic (exact) mass is 447 g/mol. The molecule has 3 rings (SSSR count). The number of carbonyl (C=O) groups is 1. The summed E-state index contributed by atoms with van der Waals surface area (Å²) >= 11 is 1.40. The highest BCUT2D eigenvalue weighted by Gasteiger charge is 2.30. The highest BCUT2D eigenvalue weighted by atomic mass is 32.1. The van der Waals surface area contributed by atoms with Gasteiger partial charge in [-0.1, -0.05) is 37.3 Å². The lowest BCUT2D eigenvalue weighted by Crippen LogP contribution is -2.24. The number of hydrogen-bond donors (Lipinski definition) is 0. The summed E-state index contributed by atoms with van der Waals surface area (Å²) < 4.78 is 38.2. The molecule has 0 aliphatic rings. The molecule has 0 saturated carbocycles. The summed E-state index contributed by atoms with van der Waals surface area (Å²) in [6.07, 6.45) is -3.53. The second kappa shape index (κ2) is 9.62. The Morgan fingerprint density at radius 2 is 1.74 bits per heavy atom. The number of aryl methyl sites for hydroxylation is 1. The molecule has 0 radical (unpaired) electrons. The van der Waals surface area contributed by atoms with Gasteiger partial charge in [0.25, 0.3) is 0 Å². The molecule has 8 heteroatoms. The van der Waals surface area contributed by atoms with Crippen molar-refractivity contribution in [3.8, 4) is 0 Å². The van der Waals surface area contributed by atoms with Gasteiger partial charge in [-0.25, -0.2) is 4.98 Å². The van der Waals surface area contributed by atoms with E-state index < -0.39 is 11.7 Å². The first kappa shape index (κ1) is 23.0. The second-order valence-electron chi connectivity index (χ2n) is 7.33. The van der Waals surface area contributed by atoms with E-state index in [1.165, 1.54) is 30.4 Å². The molecule has 0 unspecified atom stereocenters. The minimum atomic E-state index is -4.33. The highest BCUT2D eigenvalue weighted by Crippen LogP contribution is 2.32. The summed E-state index contributed by atoms with van der Waals surface area (Å²) in [6.45, 7) is 4.56. The van der Waals surface area contributed by atoms with E-state index in [0.717, 1.165) is 41.1 Å². The smallest absolute Gasteiger partial charge is 0.296 e. The molecule has 1 aromatic heterocycles. The normalized spacial score (nSPS) is 11.7. The van der Waals surface area contributed by atoms with E-state index in [0.29, 0.717) is 18.2 Å². The van der Waals surface area contributed by atoms with Gasteiger partial charge in [-0.3, -0.25) is 14.6 Å². The molecule has 0 N–H and O–H groups in total. The van der Waals surface area contributed by atoms with Gasteiger partial charge in [0.05, 0.1) is 16.9 Å². The molecular weight excluding hydrogens is 423 g/mol. The molecule has 3 aromatic rings. The summed E-state index contributed by atoms with van der Waals surface area (Å²) in [5.41, 5.74) is 2.83. The standard InChI is InChI=1S/C23H24F3N3OS/c1-4-18-7-5-6-8-21(18)29(16(2)30)22-27-20(15-31-22)14-28(3)13-17-9-11-19(12-10-17)23(24,25)26/h5-12,15H,4,13-14H2,1-3H3. The van der Waals surface area contributed by atoms with Gasteiger partial charge in [0.15, 0.2) is 5.13 Å². The van der Waals surface area contributed by atoms with Gasteiger partial charge in [0.2, 0.25) is 5.91 Å². The fraction of sp³-hybridized carbons (Fsp3) is 0.304. The van der Waals surface area contributed by atoms with Crippen LogP contribution in [0.5, 0.6) is 0 Å². The van der Waals surface area contributed by atoms with Gasteiger partial charge in [0.1, 0.15) is 0 Å². The van der Waals surface area contributed by atoms with Crippen LogP contribution in [0, 0.1) is 0 Å². The van der Waals surface area contributed by atoms with Crippen LogP contribution in [0.2, 0.25) is 0 Å². The summed E-state index contributed by atoms with van der Waals surface area (Å²) in [5.74, 6) is -0.111. The van der Waals surface area contributed by atoms with Crippen molar-refractivity contribution in [2.45, 2.75) is 39.5 Å². The maximum Gasteiger partial charge on any atom is 0.416 e. The van der Waals surface area contributed by atoms with Gasteiger partial charge < -0.3 is 0 Å². The molecule has 0 fully saturated rings. The Balaban J connectivity index is 1.71. The number of benzene rings is 2. The Kier molecular flexibility index (Phi) is 7.12. The zero-order chi connectivity index (χ0) is 22.6. The van der Waals surface area contributed by atoms with Crippen LogP contribution in [0.3, 0.4) is 0 Å². The van der Waals surface area contributed by atoms with Crippen LogP contribution in [0.25, 0.3) is 0 Å². The van der Waals surface area contributed by atoms with Crippen molar-refractivity contribution in [2.24, 2.45) is 0 Å². The Bertz CT molecular complexity index is 1030. The van der Waals surface area contributed by atoms with E-state index in [4.69, 9.17) is 0 Å². The third-order valence-corrected chi connectivity index (χ3v) is 5.70. The molecule has 0 saturated heterocycles. The predicted molar refractivity (Wildman–Crippen MR) is 117 cm³/mol. The van der Waals surface area contributed by atoms with E-state index >= 15 is 0 Å². The van der Waals surface area contributed by atoms with E-state index in [1.54, 1.807) is 4.90 Å². The minimum absolute atomic E-state index is 0.111. The van der Waals surface area contributed by atoms with Crippen molar-refractivity contribution in [2.75, 3.05) is 11.9 Å². The number of halogens is 3. The third kappa shape index (κ3) is 5.71. The Hall–Kier alpha value is -2.71.